The lowest BCUT2D eigenvalue weighted by Gasteiger charge is -2.40. The van der Waals surface area contributed by atoms with Crippen LogP contribution in [0.25, 0.3) is 11.1 Å². The molecule has 2 fully saturated rings. The number of hydrogen-bond donors (Lipinski definition) is 1. The van der Waals surface area contributed by atoms with E-state index in [9.17, 15) is 14.7 Å². The van der Waals surface area contributed by atoms with E-state index in [0.717, 1.165) is 16.0 Å². The second kappa shape index (κ2) is 9.85. The zero-order chi connectivity index (χ0) is 25.6. The number of nitrogens with zero attached hydrogens (tertiary/aromatic N) is 2. The molecule has 1 aliphatic heterocycles. The maximum Gasteiger partial charge on any atom is 0.409 e. The van der Waals surface area contributed by atoms with E-state index in [-0.39, 0.29) is 24.5 Å². The smallest absolute Gasteiger partial charge is 0.409 e. The van der Waals surface area contributed by atoms with Crippen LogP contribution in [0.3, 0.4) is 0 Å². The van der Waals surface area contributed by atoms with Crippen LogP contribution in [0.15, 0.2) is 58.5 Å². The van der Waals surface area contributed by atoms with Crippen LogP contribution < -0.4 is 0 Å². The van der Waals surface area contributed by atoms with Gasteiger partial charge in [-0.25, -0.2) is 14.6 Å². The molecule has 3 aliphatic rings. The van der Waals surface area contributed by atoms with Crippen molar-refractivity contribution in [2.45, 2.75) is 30.8 Å². The molecule has 0 bridgehead atoms. The topological polar surface area (TPSA) is 89.0 Å². The van der Waals surface area contributed by atoms with Crippen molar-refractivity contribution in [1.29, 1.82) is 0 Å². The van der Waals surface area contributed by atoms with E-state index in [0.29, 0.717) is 38.5 Å². The van der Waals surface area contributed by atoms with Gasteiger partial charge in [0.15, 0.2) is 0 Å². The third-order valence-corrected chi connectivity index (χ3v) is 9.76. The van der Waals surface area contributed by atoms with Gasteiger partial charge in [-0.15, -0.1) is 11.3 Å². The lowest BCUT2D eigenvalue weighted by molar-refractivity contribution is -0.156. The largest absolute Gasteiger partial charge is 0.480 e. The highest BCUT2D eigenvalue weighted by atomic mass is 79.9. The summed E-state index contributed by atoms with van der Waals surface area (Å²) in [7, 11) is 0. The first-order valence-electron chi connectivity index (χ1n) is 12.5. The van der Waals surface area contributed by atoms with E-state index in [1.165, 1.54) is 33.6 Å². The number of aliphatic carboxylic acids is 1. The highest BCUT2D eigenvalue weighted by Gasteiger charge is 2.49. The molecule has 1 amide bonds. The summed E-state index contributed by atoms with van der Waals surface area (Å²) in [6.07, 6.45) is 1.87. The van der Waals surface area contributed by atoms with Gasteiger partial charge in [-0.05, 0) is 69.3 Å². The highest BCUT2D eigenvalue weighted by Crippen LogP contribution is 2.49. The SMILES string of the molecule is O=C(O)COC1(c2nc(Br)cs2)CCC2CN(C(=O)OCC3c4ccccc4-c4ccccc43)CC2C1. The second-order valence-corrected chi connectivity index (χ2v) is 11.8. The number of fused-ring (bicyclic) bond motifs is 4. The molecule has 7 nitrogen and oxygen atoms in total. The first-order valence-corrected chi connectivity index (χ1v) is 14.2. The van der Waals surface area contributed by atoms with Gasteiger partial charge in [-0.1, -0.05) is 48.5 Å². The molecule has 3 aromatic rings. The summed E-state index contributed by atoms with van der Waals surface area (Å²) in [5.74, 6) is -0.429. The van der Waals surface area contributed by atoms with Gasteiger partial charge in [0.25, 0.3) is 0 Å². The van der Waals surface area contributed by atoms with Crippen LogP contribution in [-0.2, 0) is 19.9 Å². The van der Waals surface area contributed by atoms with Crippen LogP contribution in [0.1, 0.15) is 41.3 Å². The Hall–Kier alpha value is -2.75. The number of carboxylic acid groups (broad SMARTS) is 1. The van der Waals surface area contributed by atoms with E-state index >= 15 is 0 Å². The first-order chi connectivity index (χ1) is 17.9. The molecular weight excluding hydrogens is 556 g/mol. The Morgan fingerprint density at radius 2 is 1.76 bits per heavy atom. The molecule has 2 heterocycles. The number of hydrogen-bond acceptors (Lipinski definition) is 6. The number of ether oxygens (including phenoxy) is 2. The molecule has 37 heavy (non-hydrogen) atoms. The van der Waals surface area contributed by atoms with Crippen LogP contribution in [0.5, 0.6) is 0 Å². The van der Waals surface area contributed by atoms with E-state index in [2.05, 4.69) is 45.2 Å². The summed E-state index contributed by atoms with van der Waals surface area (Å²) >= 11 is 4.89. The molecule has 2 aromatic carbocycles. The number of carbonyl (C=O) groups is 2. The maximum atomic E-state index is 13.2. The third-order valence-electron chi connectivity index (χ3n) is 8.02. The van der Waals surface area contributed by atoms with Gasteiger partial charge >= 0.3 is 12.1 Å². The average molecular weight is 584 g/mol. The van der Waals surface area contributed by atoms with Crippen LogP contribution in [-0.4, -0.2) is 53.4 Å². The number of amides is 1. The number of likely N-dealkylation sites (tertiary alicyclic amines) is 1. The quantitative estimate of drug-likeness (QED) is 0.390. The minimum atomic E-state index is -0.996. The number of rotatable bonds is 6. The highest BCUT2D eigenvalue weighted by molar-refractivity contribution is 9.10. The Bertz CT molecular complexity index is 1300. The Balaban J connectivity index is 1.14. The first kappa shape index (κ1) is 24.6. The molecule has 192 valence electrons. The lowest BCUT2D eigenvalue weighted by Crippen LogP contribution is -2.40. The third kappa shape index (κ3) is 4.57. The number of carbonyl (C=O) groups excluding carboxylic acids is 1. The fourth-order valence-corrected chi connectivity index (χ4v) is 7.77. The molecule has 1 saturated heterocycles. The monoisotopic (exact) mass is 582 g/mol. The molecule has 3 unspecified atom stereocenters. The molecule has 1 N–H and O–H groups in total. The number of aromatic nitrogens is 1. The molecular formula is C28H27BrN2O5S. The fourth-order valence-electron chi connectivity index (χ4n) is 6.33. The number of carboxylic acids is 1. The minimum absolute atomic E-state index is 0.0293. The van der Waals surface area contributed by atoms with E-state index in [4.69, 9.17) is 9.47 Å². The van der Waals surface area contributed by atoms with Gasteiger partial charge in [0, 0.05) is 24.4 Å². The number of halogens is 1. The van der Waals surface area contributed by atoms with Crippen LogP contribution >= 0.6 is 27.3 Å². The van der Waals surface area contributed by atoms with E-state index in [1.807, 2.05) is 34.5 Å². The molecule has 1 aromatic heterocycles. The molecule has 1 saturated carbocycles. The van der Waals surface area contributed by atoms with Gasteiger partial charge < -0.3 is 19.5 Å². The zero-order valence-electron chi connectivity index (χ0n) is 20.1. The molecule has 0 radical (unpaired) electrons. The summed E-state index contributed by atoms with van der Waals surface area (Å²) in [5, 5.41) is 11.9. The van der Waals surface area contributed by atoms with Gasteiger partial charge in [0.1, 0.15) is 28.4 Å². The van der Waals surface area contributed by atoms with Crippen molar-refractivity contribution in [3.05, 3.63) is 74.6 Å². The van der Waals surface area contributed by atoms with Crippen LogP contribution in [0.2, 0.25) is 0 Å². The molecule has 0 spiro atoms. The van der Waals surface area contributed by atoms with Crippen molar-refractivity contribution < 1.29 is 24.2 Å². The standard InChI is InChI=1S/C28H27BrN2O5S/c29-24-16-37-26(30-24)28(36-15-25(32)33)10-9-17-12-31(13-18(17)11-28)27(34)35-14-23-21-7-3-1-5-19(21)20-6-2-4-8-22(20)23/h1-8,16-18,23H,9-15H2,(H,32,33). The minimum Gasteiger partial charge on any atom is -0.480 e. The van der Waals surface area contributed by atoms with E-state index in [1.54, 1.807) is 0 Å². The maximum absolute atomic E-state index is 13.2. The van der Waals surface area contributed by atoms with Crippen molar-refractivity contribution >= 4 is 39.3 Å². The number of benzene rings is 2. The van der Waals surface area contributed by atoms with Gasteiger partial charge in [0.2, 0.25) is 0 Å². The number of thiazole rings is 1. The fraction of sp³-hybridized carbons (Fsp3) is 0.393. The Labute approximate surface area is 227 Å². The van der Waals surface area contributed by atoms with Crippen LogP contribution in [0.4, 0.5) is 4.79 Å². The lowest BCUT2D eigenvalue weighted by atomic mass is 9.73. The van der Waals surface area contributed by atoms with Crippen molar-refractivity contribution in [2.75, 3.05) is 26.3 Å². The molecule has 3 atom stereocenters. The predicted octanol–water partition coefficient (Wildman–Crippen LogP) is 5.88. The Morgan fingerprint density at radius 3 is 2.41 bits per heavy atom. The second-order valence-electron chi connectivity index (χ2n) is 10.1. The van der Waals surface area contributed by atoms with Crippen molar-refractivity contribution in [3.63, 3.8) is 0 Å². The molecule has 2 aliphatic carbocycles. The van der Waals surface area contributed by atoms with Gasteiger partial charge in [-0.3, -0.25) is 0 Å². The summed E-state index contributed by atoms with van der Waals surface area (Å²) in [6.45, 7) is 1.16. The Morgan fingerprint density at radius 1 is 1.08 bits per heavy atom. The molecule has 9 heteroatoms. The summed E-state index contributed by atoms with van der Waals surface area (Å²) in [4.78, 5) is 30.9. The van der Waals surface area contributed by atoms with Gasteiger partial charge in [0.05, 0.1) is 0 Å². The van der Waals surface area contributed by atoms with Crippen molar-refractivity contribution in [2.24, 2.45) is 11.8 Å². The van der Waals surface area contributed by atoms with Gasteiger partial charge in [-0.2, -0.15) is 0 Å². The van der Waals surface area contributed by atoms with E-state index < -0.39 is 11.6 Å². The summed E-state index contributed by atoms with van der Waals surface area (Å²) < 4.78 is 12.6. The Kier molecular flexibility index (Phi) is 6.54. The summed E-state index contributed by atoms with van der Waals surface area (Å²) in [6, 6.07) is 16.6. The zero-order valence-corrected chi connectivity index (χ0v) is 22.5. The average Bonchev–Trinajstić information content (AvgIpc) is 3.61. The van der Waals surface area contributed by atoms with Crippen LogP contribution in [0, 0.1) is 11.8 Å². The normalized spacial score (nSPS) is 24.4. The molecule has 6 rings (SSSR count). The van der Waals surface area contributed by atoms with Crippen molar-refractivity contribution in [1.82, 2.24) is 9.88 Å². The predicted molar refractivity (Wildman–Crippen MR) is 143 cm³/mol. The summed E-state index contributed by atoms with van der Waals surface area (Å²) in [5.41, 5.74) is 4.06. The van der Waals surface area contributed by atoms with Crippen molar-refractivity contribution in [3.8, 4) is 11.1 Å².